The Bertz CT molecular complexity index is 961. The summed E-state index contributed by atoms with van der Waals surface area (Å²) in [4.78, 5) is 19.5. The third-order valence-corrected chi connectivity index (χ3v) is 4.96. The van der Waals surface area contributed by atoms with Gasteiger partial charge in [0, 0.05) is 30.6 Å². The summed E-state index contributed by atoms with van der Waals surface area (Å²) in [6.45, 7) is 6.94. The highest BCUT2D eigenvalue weighted by molar-refractivity contribution is 6.04. The average molecular weight is 375 g/mol. The summed E-state index contributed by atoms with van der Waals surface area (Å²) in [5.41, 5.74) is 2.69. The molecule has 1 aromatic heterocycles. The number of nitrogens with one attached hydrogen (secondary N) is 1. The second-order valence-electron chi connectivity index (χ2n) is 7.49. The fourth-order valence-corrected chi connectivity index (χ4v) is 3.76. The molecule has 4 rings (SSSR count). The van der Waals surface area contributed by atoms with Gasteiger partial charge >= 0.3 is 0 Å². The predicted molar refractivity (Wildman–Crippen MR) is 111 cm³/mol. The molecule has 1 aliphatic rings. The SMILES string of the molecule is CC1CN(Cc2ccc(C(=O)Nc3ccc4ccccc4n3)cc2)CC(C)O1. The Morgan fingerprint density at radius 3 is 2.50 bits per heavy atom. The van der Waals surface area contributed by atoms with Crippen molar-refractivity contribution < 1.29 is 9.53 Å². The number of ether oxygens (including phenoxy) is 1. The standard InChI is InChI=1S/C23H25N3O2/c1-16-13-26(14-17(2)28-16)15-18-7-9-20(10-8-18)23(27)25-22-12-11-19-5-3-4-6-21(19)24-22/h3-12,16-17H,13-15H2,1-2H3,(H,24,25,27). The Balaban J connectivity index is 1.40. The first-order valence-corrected chi connectivity index (χ1v) is 9.71. The molecule has 5 nitrogen and oxygen atoms in total. The van der Waals surface area contributed by atoms with E-state index >= 15 is 0 Å². The van der Waals surface area contributed by atoms with Crippen molar-refractivity contribution in [3.63, 3.8) is 0 Å². The first kappa shape index (κ1) is 18.6. The molecule has 1 N–H and O–H groups in total. The molecule has 2 heterocycles. The summed E-state index contributed by atoms with van der Waals surface area (Å²) in [7, 11) is 0. The summed E-state index contributed by atoms with van der Waals surface area (Å²) in [6.07, 6.45) is 0.506. The van der Waals surface area contributed by atoms with E-state index in [0.717, 1.165) is 30.5 Å². The van der Waals surface area contributed by atoms with Crippen molar-refractivity contribution in [3.8, 4) is 0 Å². The van der Waals surface area contributed by atoms with E-state index in [-0.39, 0.29) is 18.1 Å². The maximum atomic E-state index is 12.6. The monoisotopic (exact) mass is 375 g/mol. The number of nitrogens with zero attached hydrogens (tertiary/aromatic N) is 2. The second kappa shape index (κ2) is 8.09. The van der Waals surface area contributed by atoms with Crippen molar-refractivity contribution in [2.75, 3.05) is 18.4 Å². The Morgan fingerprint density at radius 1 is 1.04 bits per heavy atom. The molecular formula is C23H25N3O2. The van der Waals surface area contributed by atoms with Crippen LogP contribution in [-0.4, -0.2) is 41.1 Å². The van der Waals surface area contributed by atoms with Crippen LogP contribution < -0.4 is 5.32 Å². The second-order valence-corrected chi connectivity index (χ2v) is 7.49. The van der Waals surface area contributed by atoms with Gasteiger partial charge < -0.3 is 10.1 Å². The number of benzene rings is 2. The molecule has 5 heteroatoms. The number of morpholine rings is 1. The maximum Gasteiger partial charge on any atom is 0.256 e. The number of carbonyl (C=O) groups excluding carboxylic acids is 1. The van der Waals surface area contributed by atoms with Crippen molar-refractivity contribution in [3.05, 3.63) is 71.8 Å². The number of hydrogen-bond donors (Lipinski definition) is 1. The van der Waals surface area contributed by atoms with E-state index in [2.05, 4.69) is 29.0 Å². The van der Waals surface area contributed by atoms with E-state index in [4.69, 9.17) is 4.74 Å². The molecule has 0 radical (unpaired) electrons. The van der Waals surface area contributed by atoms with Crippen LogP contribution in [0.5, 0.6) is 0 Å². The van der Waals surface area contributed by atoms with Crippen LogP contribution in [0.4, 0.5) is 5.82 Å². The molecule has 1 saturated heterocycles. The van der Waals surface area contributed by atoms with Crippen molar-refractivity contribution in [1.82, 2.24) is 9.88 Å². The minimum Gasteiger partial charge on any atom is -0.373 e. The fraction of sp³-hybridized carbons (Fsp3) is 0.304. The van der Waals surface area contributed by atoms with Gasteiger partial charge in [0.05, 0.1) is 17.7 Å². The minimum atomic E-state index is -0.150. The van der Waals surface area contributed by atoms with Crippen LogP contribution in [0.1, 0.15) is 29.8 Å². The van der Waals surface area contributed by atoms with Gasteiger partial charge in [-0.05, 0) is 49.7 Å². The number of rotatable bonds is 4. The van der Waals surface area contributed by atoms with E-state index in [0.29, 0.717) is 11.4 Å². The summed E-state index contributed by atoms with van der Waals surface area (Å²) in [5, 5.41) is 3.94. The zero-order chi connectivity index (χ0) is 19.5. The van der Waals surface area contributed by atoms with Gasteiger partial charge in [-0.25, -0.2) is 4.98 Å². The highest BCUT2D eigenvalue weighted by atomic mass is 16.5. The van der Waals surface area contributed by atoms with Gasteiger partial charge in [0.2, 0.25) is 0 Å². The molecule has 0 aliphatic carbocycles. The number of para-hydroxylation sites is 1. The van der Waals surface area contributed by atoms with Crippen molar-refractivity contribution >= 4 is 22.6 Å². The van der Waals surface area contributed by atoms with Crippen molar-refractivity contribution in [2.45, 2.75) is 32.6 Å². The number of anilines is 1. The molecule has 3 aromatic rings. The Labute approximate surface area is 165 Å². The minimum absolute atomic E-state index is 0.150. The topological polar surface area (TPSA) is 54.5 Å². The quantitative estimate of drug-likeness (QED) is 0.746. The van der Waals surface area contributed by atoms with Gasteiger partial charge in [0.15, 0.2) is 0 Å². The molecule has 144 valence electrons. The van der Waals surface area contributed by atoms with Crippen LogP contribution in [0.2, 0.25) is 0 Å². The lowest BCUT2D eigenvalue weighted by atomic mass is 10.1. The first-order valence-electron chi connectivity index (χ1n) is 9.71. The summed E-state index contributed by atoms with van der Waals surface area (Å²) < 4.78 is 5.79. The number of carbonyl (C=O) groups is 1. The Kier molecular flexibility index (Phi) is 5.37. The average Bonchev–Trinajstić information content (AvgIpc) is 2.67. The van der Waals surface area contributed by atoms with E-state index in [9.17, 15) is 4.79 Å². The number of amides is 1. The van der Waals surface area contributed by atoms with Gasteiger partial charge in [-0.1, -0.05) is 30.3 Å². The molecule has 1 amide bonds. The van der Waals surface area contributed by atoms with Crippen LogP contribution in [0.3, 0.4) is 0 Å². The van der Waals surface area contributed by atoms with Crippen LogP contribution in [0.15, 0.2) is 60.7 Å². The lowest BCUT2D eigenvalue weighted by molar-refractivity contribution is -0.0704. The van der Waals surface area contributed by atoms with Gasteiger partial charge in [0.1, 0.15) is 5.82 Å². The van der Waals surface area contributed by atoms with Crippen LogP contribution in [0.25, 0.3) is 10.9 Å². The van der Waals surface area contributed by atoms with E-state index < -0.39 is 0 Å². The lowest BCUT2D eigenvalue weighted by Gasteiger charge is -2.35. The molecule has 2 unspecified atom stereocenters. The number of pyridine rings is 1. The molecule has 0 spiro atoms. The van der Waals surface area contributed by atoms with Gasteiger partial charge in [-0.3, -0.25) is 9.69 Å². The summed E-state index contributed by atoms with van der Waals surface area (Å²) in [5.74, 6) is 0.409. The zero-order valence-electron chi connectivity index (χ0n) is 16.3. The first-order chi connectivity index (χ1) is 13.6. The fourth-order valence-electron chi connectivity index (χ4n) is 3.76. The van der Waals surface area contributed by atoms with Gasteiger partial charge in [-0.2, -0.15) is 0 Å². The number of fused-ring (bicyclic) bond motifs is 1. The third kappa shape index (κ3) is 4.38. The number of hydrogen-bond acceptors (Lipinski definition) is 4. The highest BCUT2D eigenvalue weighted by Crippen LogP contribution is 2.17. The zero-order valence-corrected chi connectivity index (χ0v) is 16.3. The normalized spacial score (nSPS) is 20.2. The Morgan fingerprint density at radius 2 is 1.75 bits per heavy atom. The molecule has 0 saturated carbocycles. The predicted octanol–water partition coefficient (Wildman–Crippen LogP) is 4.10. The van der Waals surface area contributed by atoms with Crippen molar-refractivity contribution in [2.24, 2.45) is 0 Å². The molecule has 2 atom stereocenters. The molecule has 28 heavy (non-hydrogen) atoms. The third-order valence-electron chi connectivity index (χ3n) is 4.96. The van der Waals surface area contributed by atoms with Gasteiger partial charge in [-0.15, -0.1) is 0 Å². The summed E-state index contributed by atoms with van der Waals surface area (Å²) in [6, 6.07) is 19.4. The highest BCUT2D eigenvalue weighted by Gasteiger charge is 2.22. The van der Waals surface area contributed by atoms with Gasteiger partial charge in [0.25, 0.3) is 5.91 Å². The summed E-state index contributed by atoms with van der Waals surface area (Å²) >= 11 is 0. The largest absolute Gasteiger partial charge is 0.373 e. The smallest absolute Gasteiger partial charge is 0.256 e. The lowest BCUT2D eigenvalue weighted by Crippen LogP contribution is -2.44. The molecular weight excluding hydrogens is 350 g/mol. The number of aromatic nitrogens is 1. The Hall–Kier alpha value is -2.76. The van der Waals surface area contributed by atoms with E-state index in [1.807, 2.05) is 60.7 Å². The maximum absolute atomic E-state index is 12.6. The molecule has 1 aliphatic heterocycles. The van der Waals surface area contributed by atoms with E-state index in [1.54, 1.807) is 0 Å². The molecule has 2 aromatic carbocycles. The van der Waals surface area contributed by atoms with Crippen LogP contribution in [-0.2, 0) is 11.3 Å². The molecule has 0 bridgehead atoms. The molecule has 1 fully saturated rings. The van der Waals surface area contributed by atoms with Crippen LogP contribution >= 0.6 is 0 Å². The van der Waals surface area contributed by atoms with E-state index in [1.165, 1.54) is 5.56 Å². The van der Waals surface area contributed by atoms with Crippen LogP contribution in [0, 0.1) is 0 Å². The van der Waals surface area contributed by atoms with Crippen molar-refractivity contribution in [1.29, 1.82) is 0 Å².